The van der Waals surface area contributed by atoms with Crippen molar-refractivity contribution >= 4 is 19.7 Å². The van der Waals surface area contributed by atoms with E-state index in [0.717, 1.165) is 11.6 Å². The summed E-state index contributed by atoms with van der Waals surface area (Å²) in [6.07, 6.45) is -0.825. The van der Waals surface area contributed by atoms with Crippen molar-refractivity contribution in [1.29, 1.82) is 0 Å². The first-order valence-corrected chi connectivity index (χ1v) is 12.4. The second-order valence-corrected chi connectivity index (χ2v) is 16.0. The lowest BCUT2D eigenvalue weighted by Gasteiger charge is -2.42. The van der Waals surface area contributed by atoms with Crippen molar-refractivity contribution < 1.29 is 10.2 Å². The van der Waals surface area contributed by atoms with Gasteiger partial charge >= 0.3 is 0 Å². The van der Waals surface area contributed by atoms with Crippen LogP contribution < -0.4 is 0 Å². The van der Waals surface area contributed by atoms with Crippen molar-refractivity contribution in [2.24, 2.45) is 5.92 Å². The molecule has 0 aliphatic rings. The molecule has 0 heterocycles. The van der Waals surface area contributed by atoms with Gasteiger partial charge in [0, 0.05) is 10.8 Å². The number of aliphatic hydroxyl groups is 2. The molecule has 0 saturated heterocycles. The molecule has 24 heavy (non-hydrogen) atoms. The van der Waals surface area contributed by atoms with E-state index in [-0.39, 0.29) is 11.0 Å². The fraction of sp³-hybridized carbons (Fsp3) is 0.700. The minimum atomic E-state index is -1.66. The van der Waals surface area contributed by atoms with E-state index >= 15 is 0 Å². The summed E-state index contributed by atoms with van der Waals surface area (Å²) >= 11 is 6.35. The molecule has 0 aromatic heterocycles. The molecule has 138 valence electrons. The van der Waals surface area contributed by atoms with Gasteiger partial charge in [0.15, 0.2) is 0 Å². The summed E-state index contributed by atoms with van der Waals surface area (Å²) in [5.41, 5.74) is 0.868. The van der Waals surface area contributed by atoms with Gasteiger partial charge in [-0.05, 0) is 36.9 Å². The van der Waals surface area contributed by atoms with E-state index in [2.05, 4.69) is 33.9 Å². The third-order valence-electron chi connectivity index (χ3n) is 5.51. The van der Waals surface area contributed by atoms with Gasteiger partial charge in [-0.15, -0.1) is 11.6 Å². The fourth-order valence-corrected chi connectivity index (χ4v) is 5.34. The molecular formula is C20H35ClO2Si. The van der Waals surface area contributed by atoms with Crippen LogP contribution >= 0.6 is 11.6 Å². The molecule has 0 fully saturated rings. The van der Waals surface area contributed by atoms with Gasteiger partial charge in [0.2, 0.25) is 0 Å². The molecule has 1 aromatic carbocycles. The van der Waals surface area contributed by atoms with Gasteiger partial charge in [-0.3, -0.25) is 0 Å². The molecule has 2 nitrogen and oxygen atoms in total. The zero-order valence-corrected chi connectivity index (χ0v) is 18.1. The summed E-state index contributed by atoms with van der Waals surface area (Å²) < 4.78 is 0. The minimum absolute atomic E-state index is 0.202. The van der Waals surface area contributed by atoms with E-state index in [0.29, 0.717) is 6.42 Å². The highest BCUT2D eigenvalue weighted by molar-refractivity contribution is 6.80. The number of aliphatic hydroxyl groups excluding tert-OH is 2. The van der Waals surface area contributed by atoms with Crippen molar-refractivity contribution in [1.82, 2.24) is 0 Å². The Hall–Kier alpha value is -0.353. The Morgan fingerprint density at radius 3 is 1.92 bits per heavy atom. The summed E-state index contributed by atoms with van der Waals surface area (Å²) in [5, 5.41) is 22.1. The van der Waals surface area contributed by atoms with Gasteiger partial charge < -0.3 is 10.2 Å². The van der Waals surface area contributed by atoms with Crippen molar-refractivity contribution in [2.75, 3.05) is 0 Å². The Labute approximate surface area is 154 Å². The maximum atomic E-state index is 11.0. The highest BCUT2D eigenvalue weighted by Crippen LogP contribution is 2.44. The van der Waals surface area contributed by atoms with Crippen LogP contribution in [0.2, 0.25) is 24.2 Å². The smallest absolute Gasteiger partial charge is 0.0840 e. The molecule has 1 aromatic rings. The van der Waals surface area contributed by atoms with Crippen LogP contribution in [0.1, 0.15) is 52.7 Å². The number of halogens is 1. The first-order chi connectivity index (χ1) is 10.7. The maximum Gasteiger partial charge on any atom is 0.0840 e. The molecule has 0 unspecified atom stereocenters. The summed E-state index contributed by atoms with van der Waals surface area (Å²) in [6.45, 7) is 15.3. The predicted molar refractivity (Wildman–Crippen MR) is 107 cm³/mol. The van der Waals surface area contributed by atoms with E-state index in [1.807, 2.05) is 44.2 Å². The third kappa shape index (κ3) is 6.18. The van der Waals surface area contributed by atoms with Gasteiger partial charge in [0.05, 0.1) is 20.3 Å². The van der Waals surface area contributed by atoms with Crippen LogP contribution in [0.5, 0.6) is 0 Å². The summed E-state index contributed by atoms with van der Waals surface area (Å²) in [5.74, 6) is -0.202. The van der Waals surface area contributed by atoms with Crippen LogP contribution in [0.4, 0.5) is 0 Å². The third-order valence-corrected chi connectivity index (χ3v) is 11.2. The van der Waals surface area contributed by atoms with Gasteiger partial charge in [-0.2, -0.15) is 0 Å². The topological polar surface area (TPSA) is 40.5 Å². The monoisotopic (exact) mass is 370 g/mol. The quantitative estimate of drug-likeness (QED) is 0.483. The van der Waals surface area contributed by atoms with Crippen molar-refractivity contribution in [3.63, 3.8) is 0 Å². The Kier molecular flexibility index (Phi) is 7.14. The molecule has 0 amide bonds. The van der Waals surface area contributed by atoms with E-state index in [9.17, 15) is 10.2 Å². The van der Waals surface area contributed by atoms with E-state index in [4.69, 9.17) is 11.6 Å². The van der Waals surface area contributed by atoms with Gasteiger partial charge in [-0.25, -0.2) is 0 Å². The van der Waals surface area contributed by atoms with Crippen molar-refractivity contribution in [3.05, 3.63) is 35.9 Å². The minimum Gasteiger partial charge on any atom is -0.393 e. The maximum absolute atomic E-state index is 11.0. The number of rotatable bonds is 7. The summed E-state index contributed by atoms with van der Waals surface area (Å²) in [4.78, 5) is -0.485. The molecule has 0 radical (unpaired) electrons. The van der Waals surface area contributed by atoms with Gasteiger partial charge in [0.1, 0.15) is 0 Å². The number of hydrogen-bond donors (Lipinski definition) is 2. The lowest BCUT2D eigenvalue weighted by Crippen LogP contribution is -2.43. The highest BCUT2D eigenvalue weighted by atomic mass is 35.5. The highest BCUT2D eigenvalue weighted by Gasteiger charge is 2.42. The van der Waals surface area contributed by atoms with Crippen LogP contribution in [-0.2, 0) is 0 Å². The molecule has 0 bridgehead atoms. The van der Waals surface area contributed by atoms with E-state index in [1.54, 1.807) is 0 Å². The number of alkyl halides is 1. The van der Waals surface area contributed by atoms with Crippen LogP contribution in [0.25, 0.3) is 0 Å². The van der Waals surface area contributed by atoms with Gasteiger partial charge in [-0.1, -0.05) is 64.2 Å². The molecule has 0 aliphatic carbocycles. The Balaban J connectivity index is 3.12. The Bertz CT molecular complexity index is 503. The molecule has 3 atom stereocenters. The summed E-state index contributed by atoms with van der Waals surface area (Å²) in [7, 11) is -1.66. The normalized spacial score (nSPS) is 17.4. The van der Waals surface area contributed by atoms with Gasteiger partial charge in [0.25, 0.3) is 0 Å². The first-order valence-electron chi connectivity index (χ1n) is 8.85. The average molecular weight is 371 g/mol. The molecule has 0 aliphatic heterocycles. The molecular weight excluding hydrogens is 336 g/mol. The Morgan fingerprint density at radius 1 is 1.00 bits per heavy atom. The molecule has 0 saturated carbocycles. The van der Waals surface area contributed by atoms with Crippen LogP contribution in [0.15, 0.2) is 30.3 Å². The molecule has 0 spiro atoms. The first kappa shape index (κ1) is 21.7. The zero-order valence-electron chi connectivity index (χ0n) is 16.3. The lowest BCUT2D eigenvalue weighted by molar-refractivity contribution is 0.0117. The molecule has 2 N–H and O–H groups in total. The molecule has 1 rings (SSSR count). The van der Waals surface area contributed by atoms with Crippen LogP contribution in [-0.4, -0.2) is 29.3 Å². The number of hydrogen-bond acceptors (Lipinski definition) is 2. The SMILES string of the molecule is CC(C)(Cl)C[C@H](O)[C@@H](C[Si](C)(C)C(C)(C)C)[C@@H](O)c1ccccc1. The second-order valence-electron chi connectivity index (χ2n) is 9.35. The van der Waals surface area contributed by atoms with Crippen LogP contribution in [0.3, 0.4) is 0 Å². The lowest BCUT2D eigenvalue weighted by atomic mass is 9.88. The average Bonchev–Trinajstić information content (AvgIpc) is 2.42. The second kappa shape index (κ2) is 7.90. The molecule has 4 heteroatoms. The van der Waals surface area contributed by atoms with Crippen molar-refractivity contribution in [3.8, 4) is 0 Å². The number of benzene rings is 1. The van der Waals surface area contributed by atoms with Crippen LogP contribution in [0, 0.1) is 5.92 Å². The van der Waals surface area contributed by atoms with E-state index in [1.165, 1.54) is 0 Å². The van der Waals surface area contributed by atoms with Crippen molar-refractivity contribution in [2.45, 2.75) is 82.3 Å². The fourth-order valence-electron chi connectivity index (χ4n) is 2.90. The Morgan fingerprint density at radius 2 is 1.50 bits per heavy atom. The predicted octanol–water partition coefficient (Wildman–Crippen LogP) is 5.61. The largest absolute Gasteiger partial charge is 0.393 e. The van der Waals surface area contributed by atoms with E-state index < -0.39 is 25.2 Å². The summed E-state index contributed by atoms with van der Waals surface area (Å²) in [6, 6.07) is 10.5. The standard InChI is InChI=1S/C20H35ClO2Si/c1-19(2,3)24(6,7)14-16(17(22)13-20(4,5)21)18(23)15-11-9-8-10-12-15/h8-12,16-18,22-23H,13-14H2,1-7H3/t16-,17+,18+/m1/s1. The zero-order chi connectivity index (χ0) is 18.8.